The van der Waals surface area contributed by atoms with Crippen LogP contribution in [0.15, 0.2) is 0 Å². The van der Waals surface area contributed by atoms with Crippen LogP contribution >= 0.6 is 0 Å². The molecule has 0 aromatic carbocycles. The molecule has 5 nitrogen and oxygen atoms in total. The lowest BCUT2D eigenvalue weighted by atomic mass is 9.75. The zero-order chi connectivity index (χ0) is 14.6. The highest BCUT2D eigenvalue weighted by Gasteiger charge is 2.47. The van der Waals surface area contributed by atoms with E-state index >= 15 is 0 Å². The van der Waals surface area contributed by atoms with Gasteiger partial charge in [-0.05, 0) is 38.6 Å². The number of carboxylic acids is 1. The molecule has 1 saturated carbocycles. The van der Waals surface area contributed by atoms with Gasteiger partial charge in [0, 0.05) is 6.54 Å². The second-order valence-electron chi connectivity index (χ2n) is 6.36. The summed E-state index contributed by atoms with van der Waals surface area (Å²) in [4.78, 5) is 24.3. The van der Waals surface area contributed by atoms with Crippen molar-refractivity contribution in [1.29, 1.82) is 0 Å². The van der Waals surface area contributed by atoms with Crippen LogP contribution in [0.5, 0.6) is 0 Å². The molecule has 1 heterocycles. The van der Waals surface area contributed by atoms with Crippen molar-refractivity contribution in [3.63, 3.8) is 0 Å². The van der Waals surface area contributed by atoms with Crippen molar-refractivity contribution in [3.05, 3.63) is 0 Å². The normalized spacial score (nSPS) is 29.1. The van der Waals surface area contributed by atoms with Crippen molar-refractivity contribution in [3.8, 4) is 0 Å². The molecule has 0 spiro atoms. The summed E-state index contributed by atoms with van der Waals surface area (Å²) in [6.07, 6.45) is 6.48. The second kappa shape index (κ2) is 6.12. The summed E-state index contributed by atoms with van der Waals surface area (Å²) in [5, 5.41) is 15.7. The van der Waals surface area contributed by atoms with E-state index in [1.165, 1.54) is 0 Å². The third-order valence-corrected chi connectivity index (χ3v) is 4.90. The van der Waals surface area contributed by atoms with E-state index in [1.807, 2.05) is 0 Å². The summed E-state index contributed by atoms with van der Waals surface area (Å²) in [5.74, 6) is -0.936. The van der Waals surface area contributed by atoms with Crippen LogP contribution in [0.25, 0.3) is 0 Å². The van der Waals surface area contributed by atoms with E-state index in [1.54, 1.807) is 0 Å². The van der Waals surface area contributed by atoms with Crippen molar-refractivity contribution >= 4 is 11.9 Å². The zero-order valence-electron chi connectivity index (χ0n) is 12.3. The van der Waals surface area contributed by atoms with Gasteiger partial charge in [0.05, 0.1) is 5.41 Å². The Hall–Kier alpha value is -1.10. The molecule has 3 N–H and O–H groups in total. The molecule has 1 saturated heterocycles. The highest BCUT2D eigenvalue weighted by atomic mass is 16.4. The van der Waals surface area contributed by atoms with Crippen molar-refractivity contribution in [2.24, 2.45) is 5.41 Å². The van der Waals surface area contributed by atoms with Crippen LogP contribution in [0.4, 0.5) is 0 Å². The van der Waals surface area contributed by atoms with Crippen molar-refractivity contribution in [2.45, 2.75) is 63.8 Å². The third kappa shape index (κ3) is 2.82. The molecule has 1 aliphatic heterocycles. The number of amides is 1. The van der Waals surface area contributed by atoms with E-state index in [4.69, 9.17) is 0 Å². The Labute approximate surface area is 120 Å². The molecule has 0 bridgehead atoms. The zero-order valence-corrected chi connectivity index (χ0v) is 12.3. The number of hydrogen-bond donors (Lipinski definition) is 3. The molecule has 1 aliphatic carbocycles. The predicted molar refractivity (Wildman–Crippen MR) is 76.4 cm³/mol. The Balaban J connectivity index is 2.13. The molecule has 1 unspecified atom stereocenters. The van der Waals surface area contributed by atoms with Crippen LogP contribution in [-0.4, -0.2) is 35.6 Å². The van der Waals surface area contributed by atoms with Crippen LogP contribution in [-0.2, 0) is 9.59 Å². The highest BCUT2D eigenvalue weighted by molar-refractivity contribution is 5.90. The average molecular weight is 282 g/mol. The molecular weight excluding hydrogens is 256 g/mol. The minimum Gasteiger partial charge on any atom is -0.480 e. The van der Waals surface area contributed by atoms with Crippen LogP contribution in [0.3, 0.4) is 0 Å². The number of aliphatic carboxylic acids is 1. The first kappa shape index (κ1) is 15.3. The standard InChI is InChI=1S/C15H26N2O3/c1-2-6-14(7-5-10-16-11-14)12(18)17-15(13(19)20)8-3-4-9-15/h16H,2-11H2,1H3,(H,17,18)(H,19,20). The molecule has 5 heteroatoms. The Bertz CT molecular complexity index is 364. The van der Waals surface area contributed by atoms with Crippen molar-refractivity contribution < 1.29 is 14.7 Å². The minimum absolute atomic E-state index is 0.0594. The first-order valence-electron chi connectivity index (χ1n) is 7.81. The Morgan fingerprint density at radius 1 is 1.20 bits per heavy atom. The molecular formula is C15H26N2O3. The first-order chi connectivity index (χ1) is 9.55. The van der Waals surface area contributed by atoms with E-state index in [0.29, 0.717) is 19.4 Å². The maximum Gasteiger partial charge on any atom is 0.329 e. The number of rotatable bonds is 5. The molecule has 0 radical (unpaired) electrons. The fourth-order valence-electron chi connectivity index (χ4n) is 3.69. The van der Waals surface area contributed by atoms with Gasteiger partial charge in [0.2, 0.25) is 5.91 Å². The lowest BCUT2D eigenvalue weighted by molar-refractivity contribution is -0.150. The van der Waals surface area contributed by atoms with E-state index < -0.39 is 16.9 Å². The van der Waals surface area contributed by atoms with Gasteiger partial charge < -0.3 is 15.7 Å². The van der Waals surface area contributed by atoms with Gasteiger partial charge >= 0.3 is 5.97 Å². The van der Waals surface area contributed by atoms with E-state index in [0.717, 1.165) is 45.1 Å². The average Bonchev–Trinajstić information content (AvgIpc) is 2.90. The van der Waals surface area contributed by atoms with Crippen LogP contribution in [0.1, 0.15) is 58.3 Å². The van der Waals surface area contributed by atoms with Gasteiger partial charge in [-0.2, -0.15) is 0 Å². The molecule has 1 amide bonds. The lowest BCUT2D eigenvalue weighted by Crippen LogP contribution is -2.59. The molecule has 1 atom stereocenters. The number of nitrogens with one attached hydrogen (secondary N) is 2. The summed E-state index contributed by atoms with van der Waals surface area (Å²) in [6.45, 7) is 3.69. The summed E-state index contributed by atoms with van der Waals surface area (Å²) >= 11 is 0. The Kier molecular flexibility index (Phi) is 4.68. The van der Waals surface area contributed by atoms with E-state index in [-0.39, 0.29) is 5.91 Å². The Morgan fingerprint density at radius 3 is 2.40 bits per heavy atom. The van der Waals surface area contributed by atoms with E-state index in [2.05, 4.69) is 17.6 Å². The number of carboxylic acid groups (broad SMARTS) is 1. The smallest absolute Gasteiger partial charge is 0.329 e. The summed E-state index contributed by atoms with van der Waals surface area (Å²) < 4.78 is 0. The quantitative estimate of drug-likeness (QED) is 0.717. The van der Waals surface area contributed by atoms with E-state index in [9.17, 15) is 14.7 Å². The van der Waals surface area contributed by atoms with Gasteiger partial charge in [-0.25, -0.2) is 4.79 Å². The lowest BCUT2D eigenvalue weighted by Gasteiger charge is -2.39. The molecule has 0 aromatic heterocycles. The van der Waals surface area contributed by atoms with Crippen molar-refractivity contribution in [1.82, 2.24) is 10.6 Å². The fraction of sp³-hybridized carbons (Fsp3) is 0.867. The minimum atomic E-state index is -1.02. The van der Waals surface area contributed by atoms with Crippen molar-refractivity contribution in [2.75, 3.05) is 13.1 Å². The largest absolute Gasteiger partial charge is 0.480 e. The van der Waals surface area contributed by atoms with Gasteiger partial charge in [-0.15, -0.1) is 0 Å². The molecule has 2 fully saturated rings. The molecule has 0 aromatic rings. The first-order valence-corrected chi connectivity index (χ1v) is 7.81. The van der Waals surface area contributed by atoms with Gasteiger partial charge in [0.15, 0.2) is 0 Å². The number of piperidine rings is 1. The molecule has 20 heavy (non-hydrogen) atoms. The third-order valence-electron chi connectivity index (χ3n) is 4.90. The monoisotopic (exact) mass is 282 g/mol. The predicted octanol–water partition coefficient (Wildman–Crippen LogP) is 1.67. The summed E-state index contributed by atoms with van der Waals surface area (Å²) in [7, 11) is 0. The maximum absolute atomic E-state index is 12.8. The van der Waals surface area contributed by atoms with Crippen LogP contribution in [0.2, 0.25) is 0 Å². The van der Waals surface area contributed by atoms with Gasteiger partial charge in [0.1, 0.15) is 5.54 Å². The van der Waals surface area contributed by atoms with Gasteiger partial charge in [0.25, 0.3) is 0 Å². The SMILES string of the molecule is CCCC1(C(=O)NC2(C(=O)O)CCCC2)CCCNC1. The van der Waals surface area contributed by atoms with Gasteiger partial charge in [-0.1, -0.05) is 26.2 Å². The second-order valence-corrected chi connectivity index (χ2v) is 6.36. The van der Waals surface area contributed by atoms with Gasteiger partial charge in [-0.3, -0.25) is 4.79 Å². The number of carbonyl (C=O) groups is 2. The van der Waals surface area contributed by atoms with Crippen LogP contribution in [0, 0.1) is 5.41 Å². The summed E-state index contributed by atoms with van der Waals surface area (Å²) in [5.41, 5.74) is -1.44. The molecule has 2 aliphatic rings. The summed E-state index contributed by atoms with van der Waals surface area (Å²) in [6, 6.07) is 0. The number of hydrogen-bond acceptors (Lipinski definition) is 3. The fourth-order valence-corrected chi connectivity index (χ4v) is 3.69. The topological polar surface area (TPSA) is 78.4 Å². The highest BCUT2D eigenvalue weighted by Crippen LogP contribution is 2.35. The molecule has 114 valence electrons. The Morgan fingerprint density at radius 2 is 1.90 bits per heavy atom. The molecule has 2 rings (SSSR count). The van der Waals surface area contributed by atoms with Crippen LogP contribution < -0.4 is 10.6 Å². The number of carbonyl (C=O) groups excluding carboxylic acids is 1. The maximum atomic E-state index is 12.8.